The summed E-state index contributed by atoms with van der Waals surface area (Å²) in [5, 5.41) is 0. The maximum atomic E-state index is 12.0. The summed E-state index contributed by atoms with van der Waals surface area (Å²) in [6.45, 7) is 1.38. The maximum Gasteiger partial charge on any atom is 0.339 e. The van der Waals surface area contributed by atoms with Crippen LogP contribution in [0.4, 0.5) is 0 Å². The Kier molecular flexibility index (Phi) is 3.66. The first-order valence-electron chi connectivity index (χ1n) is 5.59. The van der Waals surface area contributed by atoms with E-state index in [1.165, 1.54) is 25.1 Å². The van der Waals surface area contributed by atoms with E-state index in [2.05, 4.69) is 0 Å². The monoisotopic (exact) mass is 276 g/mol. The lowest BCUT2D eigenvalue weighted by Crippen LogP contribution is -2.10. The summed E-state index contributed by atoms with van der Waals surface area (Å²) in [7, 11) is -3.92. The summed E-state index contributed by atoms with van der Waals surface area (Å²) in [5.41, 5.74) is 0.331. The van der Waals surface area contributed by atoms with Crippen LogP contribution in [-0.2, 0) is 10.1 Å². The summed E-state index contributed by atoms with van der Waals surface area (Å²) < 4.78 is 29.1. The molecule has 2 aromatic carbocycles. The maximum absolute atomic E-state index is 12.0. The SMILES string of the molecule is CC(=O)c1cccc(S(=O)(=O)Oc2ccccc2)c1. The normalized spacial score (nSPS) is 11.0. The smallest absolute Gasteiger partial charge is 0.339 e. The zero-order chi connectivity index (χ0) is 13.9. The lowest BCUT2D eigenvalue weighted by Gasteiger charge is -2.07. The van der Waals surface area contributed by atoms with E-state index in [9.17, 15) is 13.2 Å². The molecular weight excluding hydrogens is 264 g/mol. The van der Waals surface area contributed by atoms with E-state index in [-0.39, 0.29) is 16.4 Å². The molecule has 98 valence electrons. The van der Waals surface area contributed by atoms with Gasteiger partial charge in [-0.25, -0.2) is 0 Å². The highest BCUT2D eigenvalue weighted by Crippen LogP contribution is 2.19. The highest BCUT2D eigenvalue weighted by atomic mass is 32.2. The minimum absolute atomic E-state index is 0.0379. The van der Waals surface area contributed by atoms with Gasteiger partial charge in [-0.1, -0.05) is 30.3 Å². The quantitative estimate of drug-likeness (QED) is 0.636. The van der Waals surface area contributed by atoms with Crippen LogP contribution < -0.4 is 4.18 Å². The van der Waals surface area contributed by atoms with Crippen LogP contribution in [0.2, 0.25) is 0 Å². The standard InChI is InChI=1S/C14H12O4S/c1-11(15)12-6-5-9-14(10-12)19(16,17)18-13-7-3-2-4-8-13/h2-10H,1H3. The van der Waals surface area contributed by atoms with Crippen LogP contribution in [0.25, 0.3) is 0 Å². The van der Waals surface area contributed by atoms with E-state index >= 15 is 0 Å². The topological polar surface area (TPSA) is 60.4 Å². The molecule has 0 bridgehead atoms. The van der Waals surface area contributed by atoms with Gasteiger partial charge in [-0.2, -0.15) is 8.42 Å². The van der Waals surface area contributed by atoms with Crippen molar-refractivity contribution in [2.75, 3.05) is 0 Å². The van der Waals surface area contributed by atoms with Crippen molar-refractivity contribution in [1.29, 1.82) is 0 Å². The summed E-state index contributed by atoms with van der Waals surface area (Å²) in [5.74, 6) is 0.0347. The fraction of sp³-hybridized carbons (Fsp3) is 0.0714. The fourth-order valence-electron chi connectivity index (χ4n) is 1.52. The van der Waals surface area contributed by atoms with Gasteiger partial charge in [-0.15, -0.1) is 0 Å². The zero-order valence-electron chi connectivity index (χ0n) is 10.2. The number of hydrogen-bond donors (Lipinski definition) is 0. The lowest BCUT2D eigenvalue weighted by atomic mass is 10.2. The third-order valence-corrected chi connectivity index (χ3v) is 3.72. The van der Waals surface area contributed by atoms with E-state index in [4.69, 9.17) is 4.18 Å². The number of ketones is 1. The van der Waals surface area contributed by atoms with Crippen molar-refractivity contribution < 1.29 is 17.4 Å². The molecule has 4 nitrogen and oxygen atoms in total. The van der Waals surface area contributed by atoms with Gasteiger partial charge in [0.2, 0.25) is 0 Å². The van der Waals surface area contributed by atoms with Crippen LogP contribution in [0.1, 0.15) is 17.3 Å². The lowest BCUT2D eigenvalue weighted by molar-refractivity contribution is 0.101. The molecule has 0 amide bonds. The fourth-order valence-corrected chi connectivity index (χ4v) is 2.50. The van der Waals surface area contributed by atoms with Crippen LogP contribution in [0.15, 0.2) is 59.5 Å². The van der Waals surface area contributed by atoms with Crippen LogP contribution >= 0.6 is 0 Å². The number of benzene rings is 2. The van der Waals surface area contributed by atoms with Gasteiger partial charge in [0.05, 0.1) is 0 Å². The van der Waals surface area contributed by atoms with E-state index in [1.54, 1.807) is 36.4 Å². The first-order chi connectivity index (χ1) is 8.99. The minimum Gasteiger partial charge on any atom is -0.379 e. The van der Waals surface area contributed by atoms with Crippen LogP contribution in [0, 0.1) is 0 Å². The van der Waals surface area contributed by atoms with Gasteiger partial charge in [0.1, 0.15) is 10.6 Å². The molecule has 0 saturated heterocycles. The molecule has 0 radical (unpaired) electrons. The van der Waals surface area contributed by atoms with E-state index in [0.717, 1.165) is 0 Å². The van der Waals surface area contributed by atoms with Crippen molar-refractivity contribution in [1.82, 2.24) is 0 Å². The molecule has 0 saturated carbocycles. The van der Waals surface area contributed by atoms with Gasteiger partial charge in [0.15, 0.2) is 5.78 Å². The summed E-state index contributed by atoms with van der Waals surface area (Å²) in [6.07, 6.45) is 0. The Bertz CT molecular complexity index is 690. The van der Waals surface area contributed by atoms with Crippen molar-refractivity contribution in [3.05, 3.63) is 60.2 Å². The molecule has 0 aliphatic heterocycles. The molecule has 0 N–H and O–H groups in total. The van der Waals surface area contributed by atoms with Crippen molar-refractivity contribution in [3.63, 3.8) is 0 Å². The molecule has 0 unspecified atom stereocenters. The molecular formula is C14H12O4S. The molecule has 0 aliphatic rings. The molecule has 0 spiro atoms. The van der Waals surface area contributed by atoms with Gasteiger partial charge in [-0.05, 0) is 31.2 Å². The summed E-state index contributed by atoms with van der Waals surface area (Å²) >= 11 is 0. The van der Waals surface area contributed by atoms with Crippen molar-refractivity contribution in [2.45, 2.75) is 11.8 Å². The highest BCUT2D eigenvalue weighted by Gasteiger charge is 2.17. The number of rotatable bonds is 4. The summed E-state index contributed by atoms with van der Waals surface area (Å²) in [6, 6.07) is 14.0. The first kappa shape index (κ1) is 13.3. The van der Waals surface area contributed by atoms with Crippen LogP contribution in [0.5, 0.6) is 5.75 Å². The molecule has 5 heteroatoms. The Morgan fingerprint density at radius 3 is 2.32 bits per heavy atom. The average Bonchev–Trinajstić information content (AvgIpc) is 2.39. The third kappa shape index (κ3) is 3.20. The first-order valence-corrected chi connectivity index (χ1v) is 7.00. The van der Waals surface area contributed by atoms with Gasteiger partial charge < -0.3 is 4.18 Å². The Balaban J connectivity index is 2.35. The minimum atomic E-state index is -3.92. The molecule has 0 fully saturated rings. The molecule has 0 atom stereocenters. The Hall–Kier alpha value is -2.14. The molecule has 0 heterocycles. The predicted molar refractivity (Wildman–Crippen MR) is 70.7 cm³/mol. The van der Waals surface area contributed by atoms with Gasteiger partial charge in [-0.3, -0.25) is 4.79 Å². The number of carbonyl (C=O) groups is 1. The van der Waals surface area contributed by atoms with E-state index in [0.29, 0.717) is 5.56 Å². The van der Waals surface area contributed by atoms with Gasteiger partial charge in [0, 0.05) is 5.56 Å². The van der Waals surface area contributed by atoms with E-state index < -0.39 is 10.1 Å². The number of Topliss-reactive ketones (excluding diaryl/α,β-unsaturated/α-hetero) is 1. The van der Waals surface area contributed by atoms with Gasteiger partial charge in [0.25, 0.3) is 0 Å². The highest BCUT2D eigenvalue weighted by molar-refractivity contribution is 7.87. The Morgan fingerprint density at radius 2 is 1.68 bits per heavy atom. The second kappa shape index (κ2) is 5.24. The second-order valence-electron chi connectivity index (χ2n) is 3.93. The molecule has 2 rings (SSSR count). The van der Waals surface area contributed by atoms with E-state index in [1.807, 2.05) is 0 Å². The number of para-hydroxylation sites is 1. The Morgan fingerprint density at radius 1 is 1.00 bits per heavy atom. The van der Waals surface area contributed by atoms with Crippen molar-refractivity contribution >= 4 is 15.9 Å². The zero-order valence-corrected chi connectivity index (χ0v) is 11.1. The van der Waals surface area contributed by atoms with Crippen molar-refractivity contribution in [2.24, 2.45) is 0 Å². The largest absolute Gasteiger partial charge is 0.379 e. The number of hydrogen-bond acceptors (Lipinski definition) is 4. The Labute approximate surface area is 111 Å². The average molecular weight is 276 g/mol. The third-order valence-electron chi connectivity index (χ3n) is 2.48. The summed E-state index contributed by atoms with van der Waals surface area (Å²) in [4.78, 5) is 11.2. The predicted octanol–water partition coefficient (Wildman–Crippen LogP) is 2.66. The molecule has 0 aliphatic carbocycles. The molecule has 19 heavy (non-hydrogen) atoms. The van der Waals surface area contributed by atoms with Crippen LogP contribution in [-0.4, -0.2) is 14.2 Å². The van der Waals surface area contributed by atoms with Gasteiger partial charge >= 0.3 is 10.1 Å². The molecule has 2 aromatic rings. The van der Waals surface area contributed by atoms with Crippen LogP contribution in [0.3, 0.4) is 0 Å². The number of carbonyl (C=O) groups excluding carboxylic acids is 1. The van der Waals surface area contributed by atoms with Crippen molar-refractivity contribution in [3.8, 4) is 5.75 Å². The second-order valence-corrected chi connectivity index (χ2v) is 5.48. The molecule has 0 aromatic heterocycles.